The van der Waals surface area contributed by atoms with E-state index in [2.05, 4.69) is 21.2 Å². The third kappa shape index (κ3) is 3.29. The number of halogens is 2. The summed E-state index contributed by atoms with van der Waals surface area (Å²) in [5, 5.41) is 13.8. The van der Waals surface area contributed by atoms with Crippen LogP contribution in [-0.4, -0.2) is 4.92 Å². The summed E-state index contributed by atoms with van der Waals surface area (Å²) in [5.41, 5.74) is 1.14. The molecule has 0 spiro atoms. The first-order valence-electron chi connectivity index (χ1n) is 5.49. The van der Waals surface area contributed by atoms with E-state index >= 15 is 0 Å². The van der Waals surface area contributed by atoms with Gasteiger partial charge in [0.15, 0.2) is 0 Å². The van der Waals surface area contributed by atoms with Crippen LogP contribution in [0.4, 0.5) is 15.8 Å². The second kappa shape index (κ2) is 5.79. The Kier molecular flexibility index (Phi) is 4.11. The molecule has 0 fully saturated rings. The first kappa shape index (κ1) is 13.5. The van der Waals surface area contributed by atoms with Gasteiger partial charge in [-0.1, -0.05) is 18.2 Å². The summed E-state index contributed by atoms with van der Waals surface area (Å²) >= 11 is 3.29. The van der Waals surface area contributed by atoms with Crippen molar-refractivity contribution in [2.24, 2.45) is 0 Å². The Morgan fingerprint density at radius 3 is 2.74 bits per heavy atom. The zero-order chi connectivity index (χ0) is 13.8. The molecular formula is C13H10BrFN2O2. The molecule has 0 aliphatic rings. The normalized spacial score (nSPS) is 10.2. The van der Waals surface area contributed by atoms with Crippen molar-refractivity contribution in [2.75, 3.05) is 5.32 Å². The molecule has 0 unspecified atom stereocenters. The number of hydrogen-bond acceptors (Lipinski definition) is 3. The van der Waals surface area contributed by atoms with Gasteiger partial charge in [0.05, 0.1) is 10.6 Å². The van der Waals surface area contributed by atoms with Crippen LogP contribution in [0, 0.1) is 15.9 Å². The van der Waals surface area contributed by atoms with Gasteiger partial charge in [0.25, 0.3) is 5.69 Å². The SMILES string of the molecule is O=[N+]([O-])c1ccccc1CNc1cc(F)ccc1Br. The quantitative estimate of drug-likeness (QED) is 0.680. The Balaban J connectivity index is 2.19. The van der Waals surface area contributed by atoms with Gasteiger partial charge in [-0.25, -0.2) is 4.39 Å². The van der Waals surface area contributed by atoms with E-state index in [1.165, 1.54) is 18.2 Å². The van der Waals surface area contributed by atoms with Gasteiger partial charge >= 0.3 is 0 Å². The second-order valence-corrected chi connectivity index (χ2v) is 4.72. The van der Waals surface area contributed by atoms with Crippen molar-refractivity contribution in [3.05, 3.63) is 68.4 Å². The molecule has 2 rings (SSSR count). The lowest BCUT2D eigenvalue weighted by Crippen LogP contribution is -2.03. The number of para-hydroxylation sites is 1. The van der Waals surface area contributed by atoms with Gasteiger partial charge in [-0.2, -0.15) is 0 Å². The fourth-order valence-electron chi connectivity index (χ4n) is 1.66. The number of nitrogens with zero attached hydrogens (tertiary/aromatic N) is 1. The number of nitro benzene ring substituents is 1. The number of hydrogen-bond donors (Lipinski definition) is 1. The van der Waals surface area contributed by atoms with Crippen molar-refractivity contribution in [2.45, 2.75) is 6.54 Å². The topological polar surface area (TPSA) is 55.2 Å². The maximum atomic E-state index is 13.1. The van der Waals surface area contributed by atoms with Crippen molar-refractivity contribution < 1.29 is 9.31 Å². The molecule has 0 aliphatic heterocycles. The highest BCUT2D eigenvalue weighted by Gasteiger charge is 2.12. The van der Waals surface area contributed by atoms with E-state index < -0.39 is 4.92 Å². The molecule has 0 amide bonds. The van der Waals surface area contributed by atoms with Gasteiger partial charge in [-0.3, -0.25) is 10.1 Å². The van der Waals surface area contributed by atoms with Crippen LogP contribution in [0.2, 0.25) is 0 Å². The molecule has 2 aromatic carbocycles. The predicted molar refractivity (Wildman–Crippen MR) is 74.5 cm³/mol. The molecule has 0 bridgehead atoms. The minimum Gasteiger partial charge on any atom is -0.380 e. The molecule has 4 nitrogen and oxygen atoms in total. The smallest absolute Gasteiger partial charge is 0.274 e. The number of anilines is 1. The Morgan fingerprint density at radius 1 is 1.26 bits per heavy atom. The highest BCUT2D eigenvalue weighted by Crippen LogP contribution is 2.25. The molecule has 1 N–H and O–H groups in total. The van der Waals surface area contributed by atoms with Crippen molar-refractivity contribution in [3.63, 3.8) is 0 Å². The van der Waals surface area contributed by atoms with E-state index in [0.29, 0.717) is 15.7 Å². The fourth-order valence-corrected chi connectivity index (χ4v) is 2.05. The Labute approximate surface area is 117 Å². The van der Waals surface area contributed by atoms with Crippen molar-refractivity contribution >= 4 is 27.3 Å². The summed E-state index contributed by atoms with van der Waals surface area (Å²) < 4.78 is 13.8. The molecule has 19 heavy (non-hydrogen) atoms. The summed E-state index contributed by atoms with van der Waals surface area (Å²) in [5.74, 6) is -0.367. The van der Waals surface area contributed by atoms with Gasteiger partial charge in [0.1, 0.15) is 5.82 Å². The number of rotatable bonds is 4. The van der Waals surface area contributed by atoms with Crippen molar-refractivity contribution in [3.8, 4) is 0 Å². The van der Waals surface area contributed by atoms with Gasteiger partial charge < -0.3 is 5.32 Å². The van der Waals surface area contributed by atoms with E-state index in [1.54, 1.807) is 24.3 Å². The monoisotopic (exact) mass is 324 g/mol. The van der Waals surface area contributed by atoms with Crippen molar-refractivity contribution in [1.29, 1.82) is 0 Å². The lowest BCUT2D eigenvalue weighted by atomic mass is 10.2. The van der Waals surface area contributed by atoms with E-state index in [9.17, 15) is 14.5 Å². The predicted octanol–water partition coefficient (Wildman–Crippen LogP) is 4.11. The largest absolute Gasteiger partial charge is 0.380 e. The summed E-state index contributed by atoms with van der Waals surface area (Å²) in [6.07, 6.45) is 0. The molecule has 0 heterocycles. The Bertz CT molecular complexity index is 619. The third-order valence-electron chi connectivity index (χ3n) is 2.59. The van der Waals surface area contributed by atoms with E-state index in [-0.39, 0.29) is 18.0 Å². The van der Waals surface area contributed by atoms with Gasteiger partial charge in [0.2, 0.25) is 0 Å². The van der Waals surface area contributed by atoms with Gasteiger partial charge in [0, 0.05) is 22.6 Å². The standard InChI is InChI=1S/C13H10BrFN2O2/c14-11-6-5-10(15)7-12(11)16-8-9-3-1-2-4-13(9)17(18)19/h1-7,16H,8H2. The lowest BCUT2D eigenvalue weighted by molar-refractivity contribution is -0.385. The molecule has 98 valence electrons. The number of nitrogens with one attached hydrogen (secondary N) is 1. The third-order valence-corrected chi connectivity index (χ3v) is 3.28. The van der Waals surface area contributed by atoms with Crippen LogP contribution in [0.3, 0.4) is 0 Å². The van der Waals surface area contributed by atoms with Crippen molar-refractivity contribution in [1.82, 2.24) is 0 Å². The minimum absolute atomic E-state index is 0.0440. The highest BCUT2D eigenvalue weighted by molar-refractivity contribution is 9.10. The van der Waals surface area contributed by atoms with Crippen LogP contribution in [0.15, 0.2) is 46.9 Å². The zero-order valence-electron chi connectivity index (χ0n) is 9.77. The number of nitro groups is 1. The second-order valence-electron chi connectivity index (χ2n) is 3.86. The average molecular weight is 325 g/mol. The van der Waals surface area contributed by atoms with Gasteiger partial charge in [-0.05, 0) is 34.1 Å². The lowest BCUT2D eigenvalue weighted by Gasteiger charge is -2.09. The van der Waals surface area contributed by atoms with Gasteiger partial charge in [-0.15, -0.1) is 0 Å². The number of benzene rings is 2. The molecule has 0 aromatic heterocycles. The zero-order valence-corrected chi connectivity index (χ0v) is 11.4. The van der Waals surface area contributed by atoms with Crippen LogP contribution in [0.25, 0.3) is 0 Å². The van der Waals surface area contributed by atoms with Crippen LogP contribution in [-0.2, 0) is 6.54 Å². The minimum atomic E-state index is -0.433. The summed E-state index contributed by atoms with van der Waals surface area (Å²) in [6, 6.07) is 10.7. The van der Waals surface area contributed by atoms with E-state index in [4.69, 9.17) is 0 Å². The first-order valence-corrected chi connectivity index (χ1v) is 6.28. The van der Waals surface area contributed by atoms with Crippen LogP contribution in [0.1, 0.15) is 5.56 Å². The fraction of sp³-hybridized carbons (Fsp3) is 0.0769. The summed E-state index contributed by atoms with van der Waals surface area (Å²) in [4.78, 5) is 10.4. The van der Waals surface area contributed by atoms with Crippen LogP contribution >= 0.6 is 15.9 Å². The molecule has 0 saturated carbocycles. The summed E-state index contributed by atoms with van der Waals surface area (Å²) in [7, 11) is 0. The molecule has 0 saturated heterocycles. The summed E-state index contributed by atoms with van der Waals surface area (Å²) in [6.45, 7) is 0.249. The molecule has 2 aromatic rings. The molecule has 0 aliphatic carbocycles. The average Bonchev–Trinajstić information content (AvgIpc) is 2.40. The Hall–Kier alpha value is -1.95. The van der Waals surface area contributed by atoms with E-state index in [1.807, 2.05) is 0 Å². The Morgan fingerprint density at radius 2 is 2.00 bits per heavy atom. The maximum Gasteiger partial charge on any atom is 0.274 e. The van der Waals surface area contributed by atoms with E-state index in [0.717, 1.165) is 0 Å². The highest BCUT2D eigenvalue weighted by atomic mass is 79.9. The molecule has 0 radical (unpaired) electrons. The van der Waals surface area contributed by atoms with Crippen LogP contribution in [0.5, 0.6) is 0 Å². The molecule has 0 atom stereocenters. The first-order chi connectivity index (χ1) is 9.08. The maximum absolute atomic E-state index is 13.1. The molecular weight excluding hydrogens is 315 g/mol. The molecule has 6 heteroatoms. The van der Waals surface area contributed by atoms with Crippen LogP contribution < -0.4 is 5.32 Å².